The summed E-state index contributed by atoms with van der Waals surface area (Å²) in [5, 5.41) is -5.81. The molecule has 7 nitrogen and oxygen atoms in total. The molecule has 5 rings (SSSR count). The van der Waals surface area contributed by atoms with E-state index in [-0.39, 0.29) is 43.3 Å². The second-order valence-electron chi connectivity index (χ2n) is 10.9. The summed E-state index contributed by atoms with van der Waals surface area (Å²) >= 11 is 0. The molecule has 6 radical (unpaired) electrons. The van der Waals surface area contributed by atoms with Gasteiger partial charge in [0.1, 0.15) is 5.60 Å². The molecule has 3 atom stereocenters. The van der Waals surface area contributed by atoms with Gasteiger partial charge in [-0.15, -0.1) is 0 Å². The summed E-state index contributed by atoms with van der Waals surface area (Å²) < 4.78 is 109. The highest BCUT2D eigenvalue weighted by Gasteiger charge is 2.67. The molecule has 4 saturated carbocycles. The van der Waals surface area contributed by atoms with Gasteiger partial charge in [0.05, 0.1) is 35.0 Å². The minimum atomic E-state index is -6.56. The predicted octanol–water partition coefficient (Wildman–Crippen LogP) is 3.00. The summed E-state index contributed by atoms with van der Waals surface area (Å²) in [6, 6.07) is 3.29. The number of halogens is 5. The van der Waals surface area contributed by atoms with Crippen molar-refractivity contribution in [3.8, 4) is 0 Å². The fourth-order valence-electron chi connectivity index (χ4n) is 6.89. The van der Waals surface area contributed by atoms with Gasteiger partial charge in [0.2, 0.25) is 0 Å². The first-order valence-electron chi connectivity index (χ1n) is 12.6. The molecular weight excluding hydrogens is 560 g/mol. The molecule has 0 amide bonds. The van der Waals surface area contributed by atoms with Crippen molar-refractivity contribution in [3.05, 3.63) is 34.4 Å². The molecule has 1 N–H and O–H groups in total. The third-order valence-corrected chi connectivity index (χ3v) is 9.16. The molecule has 4 bridgehead atoms. The smallest absolute Gasteiger partial charge is 0.432 e. The first-order valence-corrected chi connectivity index (χ1v) is 14.0. The Morgan fingerprint density at radius 1 is 1.00 bits per heavy atom. The van der Waals surface area contributed by atoms with E-state index in [9.17, 15) is 40.0 Å². The summed E-state index contributed by atoms with van der Waals surface area (Å²) in [7, 11) is 10.9. The van der Waals surface area contributed by atoms with Crippen LogP contribution < -0.4 is 0 Å². The minimum Gasteiger partial charge on any atom is -0.455 e. The Kier molecular flexibility index (Phi) is 8.21. The van der Waals surface area contributed by atoms with Gasteiger partial charge in [-0.05, 0) is 61.5 Å². The zero-order chi connectivity index (χ0) is 29.8. The second kappa shape index (κ2) is 10.6. The normalized spacial score (nSPS) is 28.8. The van der Waals surface area contributed by atoms with Crippen molar-refractivity contribution in [3.63, 3.8) is 0 Å². The fraction of sp³-hybridized carbons (Fsp3) is 0.667. The van der Waals surface area contributed by atoms with Gasteiger partial charge in [-0.1, -0.05) is 36.2 Å². The average molecular weight is 584 g/mol. The van der Waals surface area contributed by atoms with E-state index in [1.54, 1.807) is 12.1 Å². The maximum Gasteiger partial charge on any atom is 0.432 e. The largest absolute Gasteiger partial charge is 0.455 e. The van der Waals surface area contributed by atoms with E-state index in [0.717, 1.165) is 0 Å². The Morgan fingerprint density at radius 2 is 1.60 bits per heavy atom. The van der Waals surface area contributed by atoms with E-state index in [4.69, 9.17) is 32.8 Å². The molecule has 0 aromatic heterocycles. The molecule has 3 unspecified atom stereocenters. The van der Waals surface area contributed by atoms with Crippen LogP contribution in [0.25, 0.3) is 0 Å². The van der Waals surface area contributed by atoms with Crippen LogP contribution in [0.4, 0.5) is 22.0 Å². The zero-order valence-electron chi connectivity index (χ0n) is 21.1. The van der Waals surface area contributed by atoms with Crippen LogP contribution in [0, 0.1) is 23.7 Å². The van der Waals surface area contributed by atoms with Crippen LogP contribution in [0.3, 0.4) is 0 Å². The third-order valence-electron chi connectivity index (χ3n) is 8.26. The van der Waals surface area contributed by atoms with Gasteiger partial charge >= 0.3 is 33.5 Å². The second-order valence-corrected chi connectivity index (χ2v) is 12.4. The Hall–Kier alpha value is -2.09. The van der Waals surface area contributed by atoms with Crippen molar-refractivity contribution in [1.82, 2.24) is 0 Å². The Balaban J connectivity index is 1.57. The maximum atomic E-state index is 14.0. The third kappa shape index (κ3) is 5.54. The quantitative estimate of drug-likeness (QED) is 0.206. The van der Waals surface area contributed by atoms with Crippen molar-refractivity contribution in [1.29, 1.82) is 0 Å². The number of carbonyl (C=O) groups is 2. The van der Waals surface area contributed by atoms with E-state index >= 15 is 0 Å². The highest BCUT2D eigenvalue weighted by Crippen LogP contribution is 2.60. The molecule has 40 heavy (non-hydrogen) atoms. The molecule has 0 saturated heterocycles. The van der Waals surface area contributed by atoms with Crippen molar-refractivity contribution in [2.45, 2.75) is 74.2 Å². The number of carbonyl (C=O) groups excluding carboxylic acids is 2. The van der Waals surface area contributed by atoms with Crippen LogP contribution in [0.2, 0.25) is 0 Å². The average Bonchev–Trinajstić information content (AvgIpc) is 2.83. The monoisotopic (exact) mass is 584 g/mol. The summed E-state index contributed by atoms with van der Waals surface area (Å²) in [5.74, 6) is -4.97. The summed E-state index contributed by atoms with van der Waals surface area (Å²) in [4.78, 5) is 26.2. The lowest BCUT2D eigenvalue weighted by atomic mass is 9.50. The van der Waals surface area contributed by atoms with E-state index < -0.39 is 62.9 Å². The lowest BCUT2D eigenvalue weighted by Gasteiger charge is -2.58. The number of ether oxygens (including phenoxy) is 2. The molecule has 1 aromatic carbocycles. The molecular formula is C24H24B3F5O7S. The number of alkyl halides is 5. The van der Waals surface area contributed by atoms with Gasteiger partial charge in [-0.25, -0.2) is 4.79 Å². The summed E-state index contributed by atoms with van der Waals surface area (Å²) in [6.07, 6.45) is -8.89. The van der Waals surface area contributed by atoms with Crippen molar-refractivity contribution in [2.24, 2.45) is 23.7 Å². The van der Waals surface area contributed by atoms with Crippen LogP contribution >= 0.6 is 0 Å². The lowest BCUT2D eigenvalue weighted by molar-refractivity contribution is -0.265. The van der Waals surface area contributed by atoms with Gasteiger partial charge in [0, 0.05) is 0 Å². The van der Waals surface area contributed by atoms with E-state index in [0.29, 0.717) is 36.0 Å². The Morgan fingerprint density at radius 3 is 2.08 bits per heavy atom. The first kappa shape index (κ1) is 30.9. The van der Waals surface area contributed by atoms with Crippen LogP contribution in [-0.2, 0) is 43.3 Å². The van der Waals surface area contributed by atoms with Crippen molar-refractivity contribution >= 4 is 45.6 Å². The van der Waals surface area contributed by atoms with Gasteiger partial charge in [-0.2, -0.15) is 30.4 Å². The molecule has 0 aliphatic heterocycles. The van der Waals surface area contributed by atoms with E-state index in [1.165, 1.54) is 0 Å². The van der Waals surface area contributed by atoms with Crippen LogP contribution in [0.5, 0.6) is 0 Å². The number of esters is 2. The van der Waals surface area contributed by atoms with Crippen LogP contribution in [-0.4, -0.2) is 71.6 Å². The topological polar surface area (TPSA) is 107 Å². The number of benzene rings is 1. The summed E-state index contributed by atoms with van der Waals surface area (Å²) in [5.41, 5.74) is 0.844. The highest BCUT2D eigenvalue weighted by molar-refractivity contribution is 7.86. The van der Waals surface area contributed by atoms with Gasteiger partial charge in [0.25, 0.3) is 6.10 Å². The SMILES string of the molecule is [B]Cc1cc(C[B])c(C[B])c(C(=O)OC23CC4CC(C2)C(C(=O)OC(C(F)(F)F)C(F)(F)S(=O)(=O)O)C(C4)C3)c1. The standard InChI is InChI=1S/C24H24B3F5O7S/c25-8-12-3-15(9-26)17(10-27)16(4-12)19(33)39-22-5-11-1-13(6-22)18(14(2-11)7-22)20(34)38-21(23(28,29)30)24(31,32)40(35,36)37/h3-4,11,13-14,18,21H,1-2,5-10H2,(H,35,36,37). The van der Waals surface area contributed by atoms with E-state index in [1.807, 2.05) is 0 Å². The zero-order valence-corrected chi connectivity index (χ0v) is 21.9. The maximum absolute atomic E-state index is 14.0. The Labute approximate surface area is 231 Å². The molecule has 4 aliphatic carbocycles. The highest BCUT2D eigenvalue weighted by atomic mass is 32.2. The van der Waals surface area contributed by atoms with Crippen LogP contribution in [0.1, 0.15) is 59.2 Å². The molecule has 212 valence electrons. The lowest BCUT2D eigenvalue weighted by Crippen LogP contribution is -2.59. The molecule has 4 fully saturated rings. The Bertz CT molecular complexity index is 1270. The molecule has 1 aromatic rings. The van der Waals surface area contributed by atoms with Crippen molar-refractivity contribution < 1.29 is 54.0 Å². The van der Waals surface area contributed by atoms with Crippen LogP contribution in [0.15, 0.2) is 12.1 Å². The number of hydrogen-bond acceptors (Lipinski definition) is 6. The van der Waals surface area contributed by atoms with Gasteiger partial charge in [0.15, 0.2) is 0 Å². The van der Waals surface area contributed by atoms with E-state index in [2.05, 4.69) is 4.74 Å². The molecule has 16 heteroatoms. The number of hydrogen-bond donors (Lipinski definition) is 1. The predicted molar refractivity (Wildman–Crippen MR) is 132 cm³/mol. The fourth-order valence-corrected chi connectivity index (χ4v) is 7.34. The number of rotatable bonds is 9. The molecule has 4 aliphatic rings. The van der Waals surface area contributed by atoms with Gasteiger partial charge in [-0.3, -0.25) is 9.35 Å². The first-order chi connectivity index (χ1) is 18.5. The minimum absolute atomic E-state index is 0.00876. The molecule has 0 heterocycles. The summed E-state index contributed by atoms with van der Waals surface area (Å²) in [6.45, 7) is 0. The van der Waals surface area contributed by atoms with Gasteiger partial charge < -0.3 is 9.47 Å². The molecule has 0 spiro atoms. The van der Waals surface area contributed by atoms with Crippen molar-refractivity contribution in [2.75, 3.05) is 0 Å².